The standard InChI is InChI=1S/C16H23N5O3/c22-15(18-14-1-3-17-4-2-14)13-19-5-7-20(8-6-19)16(23)21-9-11-24-12-10-21/h1-4H,5-13H2,(H,17,18,22). The first kappa shape index (κ1) is 16.7. The van der Waals surface area contributed by atoms with Crippen molar-refractivity contribution in [3.05, 3.63) is 24.5 Å². The number of anilines is 1. The van der Waals surface area contributed by atoms with E-state index in [0.717, 1.165) is 5.69 Å². The Hall–Kier alpha value is -2.19. The van der Waals surface area contributed by atoms with Crippen molar-refractivity contribution in [2.75, 3.05) is 64.3 Å². The van der Waals surface area contributed by atoms with Crippen LogP contribution in [0.2, 0.25) is 0 Å². The Bertz CT molecular complexity index is 554. The summed E-state index contributed by atoms with van der Waals surface area (Å²) in [5, 5.41) is 2.85. The summed E-state index contributed by atoms with van der Waals surface area (Å²) in [7, 11) is 0. The van der Waals surface area contributed by atoms with Crippen molar-refractivity contribution in [3.8, 4) is 0 Å². The molecule has 2 aliphatic heterocycles. The number of pyridine rings is 1. The fourth-order valence-corrected chi connectivity index (χ4v) is 2.89. The van der Waals surface area contributed by atoms with Crippen molar-refractivity contribution in [2.45, 2.75) is 0 Å². The zero-order valence-electron chi connectivity index (χ0n) is 13.7. The number of carbonyl (C=O) groups excluding carboxylic acids is 2. The zero-order chi connectivity index (χ0) is 16.8. The highest BCUT2D eigenvalue weighted by Gasteiger charge is 2.26. The molecule has 3 heterocycles. The quantitative estimate of drug-likeness (QED) is 0.848. The summed E-state index contributed by atoms with van der Waals surface area (Å²) in [6, 6.07) is 3.60. The molecule has 2 saturated heterocycles. The van der Waals surface area contributed by atoms with E-state index in [9.17, 15) is 9.59 Å². The van der Waals surface area contributed by atoms with Crippen LogP contribution in [-0.4, -0.2) is 90.6 Å². The Balaban J connectivity index is 1.41. The smallest absolute Gasteiger partial charge is 0.320 e. The lowest BCUT2D eigenvalue weighted by Gasteiger charge is -2.38. The van der Waals surface area contributed by atoms with E-state index in [1.165, 1.54) is 0 Å². The van der Waals surface area contributed by atoms with Gasteiger partial charge in [0.1, 0.15) is 0 Å². The van der Waals surface area contributed by atoms with Gasteiger partial charge in [-0.1, -0.05) is 0 Å². The Kier molecular flexibility index (Phi) is 5.60. The van der Waals surface area contributed by atoms with Crippen LogP contribution in [-0.2, 0) is 9.53 Å². The number of aromatic nitrogens is 1. The molecule has 0 atom stereocenters. The van der Waals surface area contributed by atoms with Gasteiger partial charge in [-0.25, -0.2) is 4.79 Å². The second-order valence-corrected chi connectivity index (χ2v) is 5.93. The Morgan fingerprint density at radius 1 is 1.00 bits per heavy atom. The van der Waals surface area contributed by atoms with Gasteiger partial charge in [-0.3, -0.25) is 14.7 Å². The minimum absolute atomic E-state index is 0.0471. The highest BCUT2D eigenvalue weighted by atomic mass is 16.5. The molecule has 2 fully saturated rings. The third kappa shape index (κ3) is 4.42. The molecule has 1 aromatic rings. The zero-order valence-corrected chi connectivity index (χ0v) is 13.7. The van der Waals surface area contributed by atoms with Gasteiger partial charge in [0.2, 0.25) is 5.91 Å². The van der Waals surface area contributed by atoms with E-state index >= 15 is 0 Å². The van der Waals surface area contributed by atoms with E-state index in [2.05, 4.69) is 15.2 Å². The van der Waals surface area contributed by atoms with E-state index in [-0.39, 0.29) is 11.9 Å². The Morgan fingerprint density at radius 3 is 2.29 bits per heavy atom. The molecule has 1 N–H and O–H groups in total. The van der Waals surface area contributed by atoms with Crippen molar-refractivity contribution in [1.82, 2.24) is 19.7 Å². The van der Waals surface area contributed by atoms with Crippen LogP contribution in [0.3, 0.4) is 0 Å². The van der Waals surface area contributed by atoms with Crippen LogP contribution >= 0.6 is 0 Å². The Labute approximate surface area is 141 Å². The first-order valence-electron chi connectivity index (χ1n) is 8.26. The van der Waals surface area contributed by atoms with Gasteiger partial charge in [0, 0.05) is 57.3 Å². The molecule has 3 rings (SSSR count). The number of nitrogens with zero attached hydrogens (tertiary/aromatic N) is 4. The van der Waals surface area contributed by atoms with Crippen LogP contribution in [0.4, 0.5) is 10.5 Å². The lowest BCUT2D eigenvalue weighted by atomic mass is 10.3. The second kappa shape index (κ2) is 8.07. The van der Waals surface area contributed by atoms with Crippen LogP contribution in [0.25, 0.3) is 0 Å². The molecule has 8 heteroatoms. The second-order valence-electron chi connectivity index (χ2n) is 5.93. The van der Waals surface area contributed by atoms with Gasteiger partial charge in [-0.2, -0.15) is 0 Å². The minimum Gasteiger partial charge on any atom is -0.378 e. The van der Waals surface area contributed by atoms with Crippen LogP contribution in [0.5, 0.6) is 0 Å². The van der Waals surface area contributed by atoms with E-state index in [1.54, 1.807) is 24.5 Å². The number of hydrogen-bond acceptors (Lipinski definition) is 5. The summed E-state index contributed by atoms with van der Waals surface area (Å²) >= 11 is 0. The normalized spacial score (nSPS) is 19.2. The highest BCUT2D eigenvalue weighted by Crippen LogP contribution is 2.09. The van der Waals surface area contributed by atoms with Crippen LogP contribution in [0.15, 0.2) is 24.5 Å². The number of nitrogens with one attached hydrogen (secondary N) is 1. The van der Waals surface area contributed by atoms with Crippen molar-refractivity contribution in [1.29, 1.82) is 0 Å². The monoisotopic (exact) mass is 333 g/mol. The number of carbonyl (C=O) groups is 2. The van der Waals surface area contributed by atoms with Gasteiger partial charge in [0.05, 0.1) is 19.8 Å². The van der Waals surface area contributed by atoms with Crippen molar-refractivity contribution >= 4 is 17.6 Å². The van der Waals surface area contributed by atoms with E-state index < -0.39 is 0 Å². The molecular weight excluding hydrogens is 310 g/mol. The maximum absolute atomic E-state index is 12.4. The van der Waals surface area contributed by atoms with Crippen LogP contribution in [0, 0.1) is 0 Å². The number of amides is 3. The SMILES string of the molecule is O=C(CN1CCN(C(=O)N2CCOCC2)CC1)Nc1ccncc1. The average Bonchev–Trinajstić information content (AvgIpc) is 2.63. The summed E-state index contributed by atoms with van der Waals surface area (Å²) in [6.07, 6.45) is 3.29. The van der Waals surface area contributed by atoms with Crippen LogP contribution < -0.4 is 5.32 Å². The topological polar surface area (TPSA) is 78.0 Å². The number of morpholine rings is 1. The summed E-state index contributed by atoms with van der Waals surface area (Å²) in [6.45, 7) is 5.60. The predicted octanol–water partition coefficient (Wildman–Crippen LogP) is 0.0899. The molecule has 24 heavy (non-hydrogen) atoms. The summed E-state index contributed by atoms with van der Waals surface area (Å²) in [4.78, 5) is 34.2. The molecule has 0 aromatic carbocycles. The fourth-order valence-electron chi connectivity index (χ4n) is 2.89. The van der Waals surface area contributed by atoms with Gasteiger partial charge in [0.15, 0.2) is 0 Å². The predicted molar refractivity (Wildman–Crippen MR) is 88.7 cm³/mol. The molecule has 130 valence electrons. The summed E-state index contributed by atoms with van der Waals surface area (Å²) < 4.78 is 5.28. The number of rotatable bonds is 3. The van der Waals surface area contributed by atoms with Gasteiger partial charge in [-0.05, 0) is 12.1 Å². The van der Waals surface area contributed by atoms with Gasteiger partial charge >= 0.3 is 6.03 Å². The number of hydrogen-bond donors (Lipinski definition) is 1. The number of piperazine rings is 1. The van der Waals surface area contributed by atoms with Crippen LogP contribution in [0.1, 0.15) is 0 Å². The first-order chi connectivity index (χ1) is 11.7. The highest BCUT2D eigenvalue weighted by molar-refractivity contribution is 5.92. The van der Waals surface area contributed by atoms with Crippen molar-refractivity contribution < 1.29 is 14.3 Å². The fraction of sp³-hybridized carbons (Fsp3) is 0.562. The third-order valence-electron chi connectivity index (χ3n) is 4.26. The molecule has 0 spiro atoms. The lowest BCUT2D eigenvalue weighted by Crippen LogP contribution is -2.55. The van der Waals surface area contributed by atoms with E-state index in [4.69, 9.17) is 4.74 Å². The van der Waals surface area contributed by atoms with E-state index in [0.29, 0.717) is 59.0 Å². The first-order valence-corrected chi connectivity index (χ1v) is 8.26. The maximum Gasteiger partial charge on any atom is 0.320 e. The Morgan fingerprint density at radius 2 is 1.62 bits per heavy atom. The molecule has 2 aliphatic rings. The molecule has 0 bridgehead atoms. The molecule has 1 aromatic heterocycles. The van der Waals surface area contributed by atoms with Gasteiger partial charge in [0.25, 0.3) is 0 Å². The third-order valence-corrected chi connectivity index (χ3v) is 4.26. The minimum atomic E-state index is -0.0471. The summed E-state index contributed by atoms with van der Waals surface area (Å²) in [5.74, 6) is -0.0471. The van der Waals surface area contributed by atoms with Gasteiger partial charge < -0.3 is 19.9 Å². The maximum atomic E-state index is 12.4. The average molecular weight is 333 g/mol. The molecular formula is C16H23N5O3. The van der Waals surface area contributed by atoms with Crippen molar-refractivity contribution in [2.24, 2.45) is 0 Å². The van der Waals surface area contributed by atoms with Crippen molar-refractivity contribution in [3.63, 3.8) is 0 Å². The molecule has 3 amide bonds. The van der Waals surface area contributed by atoms with E-state index in [1.807, 2.05) is 9.80 Å². The number of ether oxygens (including phenoxy) is 1. The molecule has 0 aliphatic carbocycles. The number of urea groups is 1. The molecule has 0 saturated carbocycles. The summed E-state index contributed by atoms with van der Waals surface area (Å²) in [5.41, 5.74) is 0.746. The largest absolute Gasteiger partial charge is 0.378 e. The lowest BCUT2D eigenvalue weighted by molar-refractivity contribution is -0.117. The molecule has 8 nitrogen and oxygen atoms in total. The van der Waals surface area contributed by atoms with Gasteiger partial charge in [-0.15, -0.1) is 0 Å². The molecule has 0 radical (unpaired) electrons. The molecule has 0 unspecified atom stereocenters.